The van der Waals surface area contributed by atoms with Crippen molar-refractivity contribution >= 4 is 40.5 Å². The lowest BCUT2D eigenvalue weighted by molar-refractivity contribution is -0.385. The van der Waals surface area contributed by atoms with E-state index in [1.54, 1.807) is 35.2 Å². The Labute approximate surface area is 200 Å². The number of rotatable bonds is 7. The summed E-state index contributed by atoms with van der Waals surface area (Å²) in [6.07, 6.45) is 1.25. The number of halogens is 1. The molecule has 2 amide bonds. The Hall–Kier alpha value is -4.11. The number of hydrogen-bond acceptors (Lipinski definition) is 6. The van der Waals surface area contributed by atoms with Gasteiger partial charge in [0.25, 0.3) is 5.91 Å². The monoisotopic (exact) mass is 481 g/mol. The Morgan fingerprint density at radius 2 is 1.82 bits per heavy atom. The van der Waals surface area contributed by atoms with Crippen LogP contribution in [-0.4, -0.2) is 30.4 Å². The molecular formula is C24H20ClN3O6. The lowest BCUT2D eigenvalue weighted by atomic mass is 10.2. The van der Waals surface area contributed by atoms with Crippen molar-refractivity contribution in [1.29, 1.82) is 0 Å². The van der Waals surface area contributed by atoms with Crippen LogP contribution in [0.2, 0.25) is 5.02 Å². The van der Waals surface area contributed by atoms with E-state index in [-0.39, 0.29) is 28.3 Å². The van der Waals surface area contributed by atoms with Crippen molar-refractivity contribution in [2.24, 2.45) is 0 Å². The highest BCUT2D eigenvalue weighted by molar-refractivity contribution is 6.30. The standard InChI is InChI=1S/C24H20ClN3O6/c1-33-21-11-7-17(14-19(21)27-12-2-3-23(27)29)26-24(30)15-4-8-18(9-5-15)34-22-10-6-16(25)13-20(22)28(31)32/h4-11,13-14H,2-3,12H2,1H3,(H,26,30). The first kappa shape index (κ1) is 23.1. The first-order valence-electron chi connectivity index (χ1n) is 10.4. The number of nitro benzene ring substituents is 1. The highest BCUT2D eigenvalue weighted by atomic mass is 35.5. The van der Waals surface area contributed by atoms with Crippen LogP contribution in [0.1, 0.15) is 23.2 Å². The Bertz CT molecular complexity index is 1260. The summed E-state index contributed by atoms with van der Waals surface area (Å²) in [5.74, 6) is 0.548. The van der Waals surface area contributed by atoms with Crippen molar-refractivity contribution in [3.63, 3.8) is 0 Å². The molecule has 1 aliphatic rings. The van der Waals surface area contributed by atoms with Crippen LogP contribution in [0, 0.1) is 10.1 Å². The number of methoxy groups -OCH3 is 1. The summed E-state index contributed by atoms with van der Waals surface area (Å²) in [6, 6.07) is 15.4. The summed E-state index contributed by atoms with van der Waals surface area (Å²) in [6.45, 7) is 0.597. The molecule has 34 heavy (non-hydrogen) atoms. The molecule has 0 unspecified atom stereocenters. The van der Waals surface area contributed by atoms with Crippen LogP contribution < -0.4 is 19.7 Å². The van der Waals surface area contributed by atoms with Crippen molar-refractivity contribution in [2.45, 2.75) is 12.8 Å². The number of carbonyl (C=O) groups excluding carboxylic acids is 2. The van der Waals surface area contributed by atoms with Gasteiger partial charge >= 0.3 is 5.69 Å². The molecule has 0 saturated carbocycles. The van der Waals surface area contributed by atoms with Crippen molar-refractivity contribution in [2.75, 3.05) is 23.9 Å². The first-order valence-corrected chi connectivity index (χ1v) is 10.7. The number of nitrogens with one attached hydrogen (secondary N) is 1. The molecule has 3 aromatic rings. The molecule has 0 aliphatic carbocycles. The number of nitro groups is 1. The largest absolute Gasteiger partial charge is 0.495 e. The van der Waals surface area contributed by atoms with Gasteiger partial charge in [-0.15, -0.1) is 0 Å². The van der Waals surface area contributed by atoms with E-state index in [1.807, 2.05) is 0 Å². The molecule has 1 saturated heterocycles. The van der Waals surface area contributed by atoms with Crippen molar-refractivity contribution in [3.05, 3.63) is 81.4 Å². The number of benzene rings is 3. The van der Waals surface area contributed by atoms with Gasteiger partial charge in [-0.25, -0.2) is 0 Å². The quantitative estimate of drug-likeness (QED) is 0.356. The topological polar surface area (TPSA) is 111 Å². The molecule has 1 aliphatic heterocycles. The average Bonchev–Trinajstić information content (AvgIpc) is 3.26. The molecule has 0 aromatic heterocycles. The van der Waals surface area contributed by atoms with E-state index < -0.39 is 4.92 Å². The molecule has 0 spiro atoms. The van der Waals surface area contributed by atoms with Crippen LogP contribution in [0.4, 0.5) is 17.1 Å². The molecule has 0 radical (unpaired) electrons. The maximum atomic E-state index is 12.7. The number of carbonyl (C=O) groups is 2. The number of anilines is 2. The maximum absolute atomic E-state index is 12.7. The number of amides is 2. The zero-order valence-electron chi connectivity index (χ0n) is 18.1. The molecular weight excluding hydrogens is 462 g/mol. The molecule has 4 rings (SSSR count). The summed E-state index contributed by atoms with van der Waals surface area (Å²) in [7, 11) is 1.53. The summed E-state index contributed by atoms with van der Waals surface area (Å²) in [5.41, 5.74) is 1.21. The fourth-order valence-corrected chi connectivity index (χ4v) is 3.77. The van der Waals surface area contributed by atoms with Gasteiger partial charge < -0.3 is 19.7 Å². The SMILES string of the molecule is COc1ccc(NC(=O)c2ccc(Oc3ccc(Cl)cc3[N+](=O)[O-])cc2)cc1N1CCCC1=O. The third-order valence-electron chi connectivity index (χ3n) is 5.26. The molecule has 1 N–H and O–H groups in total. The zero-order valence-corrected chi connectivity index (χ0v) is 18.9. The van der Waals surface area contributed by atoms with Crippen molar-refractivity contribution in [1.82, 2.24) is 0 Å². The smallest absolute Gasteiger partial charge is 0.313 e. The van der Waals surface area contributed by atoms with Crippen LogP contribution >= 0.6 is 11.6 Å². The minimum absolute atomic E-state index is 0.0123. The molecule has 174 valence electrons. The van der Waals surface area contributed by atoms with Crippen molar-refractivity contribution < 1.29 is 24.0 Å². The number of hydrogen-bond donors (Lipinski definition) is 1. The Balaban J connectivity index is 1.49. The lowest BCUT2D eigenvalue weighted by Gasteiger charge is -2.20. The highest BCUT2D eigenvalue weighted by Crippen LogP contribution is 2.35. The third kappa shape index (κ3) is 4.94. The normalized spacial score (nSPS) is 13.0. The van der Waals surface area contributed by atoms with E-state index in [1.165, 1.54) is 37.4 Å². The lowest BCUT2D eigenvalue weighted by Crippen LogP contribution is -2.24. The summed E-state index contributed by atoms with van der Waals surface area (Å²) < 4.78 is 11.0. The average molecular weight is 482 g/mol. The summed E-state index contributed by atoms with van der Waals surface area (Å²) in [5, 5.41) is 14.3. The predicted octanol–water partition coefficient (Wildman–Crippen LogP) is 5.43. The van der Waals surface area contributed by atoms with E-state index in [4.69, 9.17) is 21.1 Å². The summed E-state index contributed by atoms with van der Waals surface area (Å²) in [4.78, 5) is 37.2. The second-order valence-corrected chi connectivity index (χ2v) is 7.92. The fourth-order valence-electron chi connectivity index (χ4n) is 3.61. The molecule has 3 aromatic carbocycles. The van der Waals surface area contributed by atoms with Gasteiger partial charge in [-0.05, 0) is 61.0 Å². The molecule has 1 fully saturated rings. The van der Waals surface area contributed by atoms with Gasteiger partial charge in [0.05, 0.1) is 17.7 Å². The second-order valence-electron chi connectivity index (χ2n) is 7.49. The molecule has 0 atom stereocenters. The van der Waals surface area contributed by atoms with Crippen LogP contribution in [0.15, 0.2) is 60.7 Å². The minimum Gasteiger partial charge on any atom is -0.495 e. The van der Waals surface area contributed by atoms with Gasteiger partial charge in [0.1, 0.15) is 11.5 Å². The van der Waals surface area contributed by atoms with E-state index in [0.29, 0.717) is 41.4 Å². The maximum Gasteiger partial charge on any atom is 0.313 e. The van der Waals surface area contributed by atoms with E-state index in [9.17, 15) is 19.7 Å². The van der Waals surface area contributed by atoms with Gasteiger partial charge in [-0.1, -0.05) is 11.6 Å². The van der Waals surface area contributed by atoms with Crippen LogP contribution in [0.25, 0.3) is 0 Å². The van der Waals surface area contributed by atoms with E-state index in [0.717, 1.165) is 6.42 Å². The molecule has 10 heteroatoms. The minimum atomic E-state index is -0.581. The van der Waals surface area contributed by atoms with Crippen molar-refractivity contribution in [3.8, 4) is 17.2 Å². The van der Waals surface area contributed by atoms with Gasteiger partial charge in [0, 0.05) is 35.3 Å². The van der Waals surface area contributed by atoms with E-state index in [2.05, 4.69) is 5.32 Å². The van der Waals surface area contributed by atoms with Crippen LogP contribution in [-0.2, 0) is 4.79 Å². The molecule has 9 nitrogen and oxygen atoms in total. The number of ether oxygens (including phenoxy) is 2. The molecule has 0 bridgehead atoms. The first-order chi connectivity index (χ1) is 16.4. The predicted molar refractivity (Wildman–Crippen MR) is 127 cm³/mol. The van der Waals surface area contributed by atoms with Crippen LogP contribution in [0.5, 0.6) is 17.2 Å². The second kappa shape index (κ2) is 9.80. The zero-order chi connectivity index (χ0) is 24.2. The Morgan fingerprint density at radius 1 is 1.09 bits per heavy atom. The summed E-state index contributed by atoms with van der Waals surface area (Å²) >= 11 is 5.83. The van der Waals surface area contributed by atoms with Gasteiger partial charge in [-0.3, -0.25) is 19.7 Å². The van der Waals surface area contributed by atoms with Gasteiger partial charge in [0.2, 0.25) is 11.7 Å². The van der Waals surface area contributed by atoms with Gasteiger partial charge in [-0.2, -0.15) is 0 Å². The third-order valence-corrected chi connectivity index (χ3v) is 5.50. The highest BCUT2D eigenvalue weighted by Gasteiger charge is 2.25. The van der Waals surface area contributed by atoms with E-state index >= 15 is 0 Å². The molecule has 1 heterocycles. The fraction of sp³-hybridized carbons (Fsp3) is 0.167. The Morgan fingerprint density at radius 3 is 2.47 bits per heavy atom. The van der Waals surface area contributed by atoms with Crippen LogP contribution in [0.3, 0.4) is 0 Å². The number of nitrogens with zero attached hydrogens (tertiary/aromatic N) is 2. The van der Waals surface area contributed by atoms with Gasteiger partial charge in [0.15, 0.2) is 0 Å². The Kier molecular flexibility index (Phi) is 6.65.